The molecule has 0 bridgehead atoms. The van der Waals surface area contributed by atoms with E-state index in [9.17, 15) is 19.7 Å². The van der Waals surface area contributed by atoms with Crippen molar-refractivity contribution in [3.63, 3.8) is 0 Å². The Kier molecular flexibility index (Phi) is 5.56. The van der Waals surface area contributed by atoms with Crippen LogP contribution < -0.4 is 10.7 Å². The monoisotopic (exact) mass is 378 g/mol. The zero-order chi connectivity index (χ0) is 19.9. The summed E-state index contributed by atoms with van der Waals surface area (Å²) in [6, 6.07) is 15.2. The first kappa shape index (κ1) is 18.5. The summed E-state index contributed by atoms with van der Waals surface area (Å²) in [4.78, 5) is 34.3. The second kappa shape index (κ2) is 8.41. The summed E-state index contributed by atoms with van der Waals surface area (Å²) >= 11 is 0. The number of nitro groups is 1. The molecular formula is C19H14N4O5. The van der Waals surface area contributed by atoms with Crippen LogP contribution in [0.5, 0.6) is 0 Å². The van der Waals surface area contributed by atoms with E-state index in [2.05, 4.69) is 15.8 Å². The molecule has 0 fully saturated rings. The lowest BCUT2D eigenvalue weighted by atomic mass is 10.2. The Morgan fingerprint density at radius 1 is 1.04 bits per heavy atom. The van der Waals surface area contributed by atoms with Crippen molar-refractivity contribution in [2.45, 2.75) is 0 Å². The van der Waals surface area contributed by atoms with E-state index in [1.165, 1.54) is 48.9 Å². The van der Waals surface area contributed by atoms with E-state index < -0.39 is 16.7 Å². The molecule has 0 radical (unpaired) electrons. The van der Waals surface area contributed by atoms with Crippen LogP contribution >= 0.6 is 0 Å². The molecule has 1 aromatic heterocycles. The predicted molar refractivity (Wildman–Crippen MR) is 101 cm³/mol. The maximum absolute atomic E-state index is 12.2. The van der Waals surface area contributed by atoms with Crippen molar-refractivity contribution in [2.24, 2.45) is 5.10 Å². The number of nitrogens with zero attached hydrogens (tertiary/aromatic N) is 2. The Balaban J connectivity index is 1.61. The Morgan fingerprint density at radius 3 is 2.50 bits per heavy atom. The van der Waals surface area contributed by atoms with Gasteiger partial charge in [-0.15, -0.1) is 0 Å². The molecule has 28 heavy (non-hydrogen) atoms. The fourth-order valence-electron chi connectivity index (χ4n) is 2.25. The van der Waals surface area contributed by atoms with Gasteiger partial charge in [0.1, 0.15) is 0 Å². The number of carbonyl (C=O) groups is 2. The van der Waals surface area contributed by atoms with Gasteiger partial charge >= 0.3 is 0 Å². The predicted octanol–water partition coefficient (Wildman–Crippen LogP) is 3.20. The van der Waals surface area contributed by atoms with Gasteiger partial charge in [0.05, 0.1) is 17.4 Å². The topological polar surface area (TPSA) is 127 Å². The summed E-state index contributed by atoms with van der Waals surface area (Å²) in [6.07, 6.45) is 2.76. The molecule has 0 aliphatic heterocycles. The van der Waals surface area contributed by atoms with E-state index in [1.54, 1.807) is 24.3 Å². The molecule has 0 unspecified atom stereocenters. The van der Waals surface area contributed by atoms with Gasteiger partial charge in [0.2, 0.25) is 0 Å². The van der Waals surface area contributed by atoms with Gasteiger partial charge in [-0.1, -0.05) is 6.07 Å². The molecule has 3 rings (SSSR count). The van der Waals surface area contributed by atoms with Gasteiger partial charge in [0.15, 0.2) is 5.76 Å². The van der Waals surface area contributed by atoms with Gasteiger partial charge in [-0.25, -0.2) is 5.43 Å². The van der Waals surface area contributed by atoms with E-state index in [-0.39, 0.29) is 17.0 Å². The standard InChI is InChI=1S/C19H14N4O5/c24-18(22-20-12-13-6-8-16(9-7-13)23(26)27)14-3-1-4-15(11-14)21-19(25)17-5-2-10-28-17/h1-12H,(H,21,25)(H,22,24)/b20-12+. The average molecular weight is 378 g/mol. The van der Waals surface area contributed by atoms with Gasteiger partial charge in [-0.3, -0.25) is 19.7 Å². The van der Waals surface area contributed by atoms with Gasteiger partial charge in [-0.2, -0.15) is 5.10 Å². The van der Waals surface area contributed by atoms with Crippen LogP contribution in [-0.4, -0.2) is 23.0 Å². The SMILES string of the molecule is O=C(N/N=C/c1ccc([N+](=O)[O-])cc1)c1cccc(NC(=O)c2ccco2)c1. The summed E-state index contributed by atoms with van der Waals surface area (Å²) in [7, 11) is 0. The quantitative estimate of drug-likeness (QED) is 0.387. The fraction of sp³-hybridized carbons (Fsp3) is 0. The smallest absolute Gasteiger partial charge is 0.291 e. The summed E-state index contributed by atoms with van der Waals surface area (Å²) in [6.45, 7) is 0. The Morgan fingerprint density at radius 2 is 1.82 bits per heavy atom. The molecule has 1 heterocycles. The van der Waals surface area contributed by atoms with Crippen molar-refractivity contribution in [1.29, 1.82) is 0 Å². The molecule has 9 nitrogen and oxygen atoms in total. The van der Waals surface area contributed by atoms with Crippen LogP contribution in [0.25, 0.3) is 0 Å². The maximum Gasteiger partial charge on any atom is 0.291 e. The third kappa shape index (κ3) is 4.67. The molecule has 3 aromatic rings. The highest BCUT2D eigenvalue weighted by Gasteiger charge is 2.10. The summed E-state index contributed by atoms with van der Waals surface area (Å²) in [5.41, 5.74) is 3.63. The normalized spacial score (nSPS) is 10.6. The zero-order valence-electron chi connectivity index (χ0n) is 14.4. The van der Waals surface area contributed by atoms with Crippen molar-refractivity contribution >= 4 is 29.4 Å². The largest absolute Gasteiger partial charge is 0.459 e. The number of benzene rings is 2. The molecule has 140 valence electrons. The number of hydrogen-bond acceptors (Lipinski definition) is 6. The van der Waals surface area contributed by atoms with E-state index in [4.69, 9.17) is 4.42 Å². The first-order valence-electron chi connectivity index (χ1n) is 8.06. The van der Waals surface area contributed by atoms with Gasteiger partial charge in [0, 0.05) is 23.4 Å². The van der Waals surface area contributed by atoms with E-state index >= 15 is 0 Å². The first-order chi connectivity index (χ1) is 13.5. The highest BCUT2D eigenvalue weighted by atomic mass is 16.6. The highest BCUT2D eigenvalue weighted by Crippen LogP contribution is 2.13. The minimum atomic E-state index is -0.500. The second-order valence-electron chi connectivity index (χ2n) is 5.56. The van der Waals surface area contributed by atoms with Crippen LogP contribution in [0.4, 0.5) is 11.4 Å². The third-order valence-corrected chi connectivity index (χ3v) is 3.61. The average Bonchev–Trinajstić information content (AvgIpc) is 3.23. The number of rotatable bonds is 6. The minimum Gasteiger partial charge on any atom is -0.459 e. The van der Waals surface area contributed by atoms with Crippen LogP contribution in [-0.2, 0) is 0 Å². The van der Waals surface area contributed by atoms with Crippen LogP contribution in [0.3, 0.4) is 0 Å². The first-order valence-corrected chi connectivity index (χ1v) is 8.06. The van der Waals surface area contributed by atoms with Gasteiger partial charge in [0.25, 0.3) is 17.5 Å². The van der Waals surface area contributed by atoms with Crippen molar-refractivity contribution in [3.05, 3.63) is 93.9 Å². The highest BCUT2D eigenvalue weighted by molar-refractivity contribution is 6.03. The molecule has 0 aliphatic rings. The molecule has 2 amide bonds. The number of anilines is 1. The molecule has 2 N–H and O–H groups in total. The summed E-state index contributed by atoms with van der Waals surface area (Å²) in [5.74, 6) is -0.756. The van der Waals surface area contributed by atoms with Crippen LogP contribution in [0.1, 0.15) is 26.5 Å². The number of hydrazone groups is 1. The molecule has 0 saturated carbocycles. The number of nitro benzene ring substituents is 1. The molecule has 0 aliphatic carbocycles. The Labute approximate surface area is 158 Å². The van der Waals surface area contributed by atoms with Crippen molar-refractivity contribution in [3.8, 4) is 0 Å². The van der Waals surface area contributed by atoms with Crippen LogP contribution in [0, 0.1) is 10.1 Å². The van der Waals surface area contributed by atoms with Gasteiger partial charge in [-0.05, 0) is 48.0 Å². The Bertz CT molecular complexity index is 1030. The van der Waals surface area contributed by atoms with Crippen molar-refractivity contribution in [2.75, 3.05) is 5.32 Å². The lowest BCUT2D eigenvalue weighted by Gasteiger charge is -2.05. The minimum absolute atomic E-state index is 0.0328. The number of carbonyl (C=O) groups excluding carboxylic acids is 2. The molecule has 0 saturated heterocycles. The lowest BCUT2D eigenvalue weighted by Crippen LogP contribution is -2.18. The lowest BCUT2D eigenvalue weighted by molar-refractivity contribution is -0.384. The van der Waals surface area contributed by atoms with E-state index in [0.29, 0.717) is 11.3 Å². The molecular weight excluding hydrogens is 364 g/mol. The fourth-order valence-corrected chi connectivity index (χ4v) is 2.25. The number of furan rings is 1. The maximum atomic E-state index is 12.2. The zero-order valence-corrected chi connectivity index (χ0v) is 14.4. The number of non-ortho nitro benzene ring substituents is 1. The van der Waals surface area contributed by atoms with E-state index in [1.807, 2.05) is 0 Å². The number of amides is 2. The van der Waals surface area contributed by atoms with Crippen LogP contribution in [0.15, 0.2) is 76.4 Å². The molecule has 0 atom stereocenters. The van der Waals surface area contributed by atoms with Gasteiger partial charge < -0.3 is 9.73 Å². The third-order valence-electron chi connectivity index (χ3n) is 3.61. The summed E-state index contributed by atoms with van der Waals surface area (Å²) in [5, 5.41) is 17.1. The van der Waals surface area contributed by atoms with Crippen LogP contribution in [0.2, 0.25) is 0 Å². The van der Waals surface area contributed by atoms with Crippen molar-refractivity contribution in [1.82, 2.24) is 5.43 Å². The number of nitrogens with one attached hydrogen (secondary N) is 2. The summed E-state index contributed by atoms with van der Waals surface area (Å²) < 4.78 is 5.01. The van der Waals surface area contributed by atoms with E-state index in [0.717, 1.165) is 0 Å². The molecule has 9 heteroatoms. The number of hydrogen-bond donors (Lipinski definition) is 2. The Hall–Kier alpha value is -4.27. The molecule has 2 aromatic carbocycles. The second-order valence-corrected chi connectivity index (χ2v) is 5.56. The van der Waals surface area contributed by atoms with Crippen molar-refractivity contribution < 1.29 is 18.9 Å². The molecule has 0 spiro atoms.